The fourth-order valence-corrected chi connectivity index (χ4v) is 5.50. The van der Waals surface area contributed by atoms with Crippen LogP contribution < -0.4 is 5.73 Å². The topological polar surface area (TPSA) is 114 Å². The van der Waals surface area contributed by atoms with Crippen LogP contribution in [-0.4, -0.2) is 56.9 Å². The minimum absolute atomic E-state index is 0.0263. The van der Waals surface area contributed by atoms with Crippen LogP contribution in [0.1, 0.15) is 25.7 Å². The monoisotopic (exact) mass is 469 g/mol. The lowest BCUT2D eigenvalue weighted by Gasteiger charge is -2.29. The van der Waals surface area contributed by atoms with Crippen molar-refractivity contribution in [2.45, 2.75) is 37.0 Å². The van der Waals surface area contributed by atoms with Gasteiger partial charge in [0.15, 0.2) is 5.82 Å². The van der Waals surface area contributed by atoms with Gasteiger partial charge in [0.2, 0.25) is 16.0 Å². The molecular formula is C20H22F3N5O3S. The predicted molar refractivity (Wildman–Crippen MR) is 111 cm³/mol. The summed E-state index contributed by atoms with van der Waals surface area (Å²) in [6, 6.07) is 4.11. The van der Waals surface area contributed by atoms with Crippen molar-refractivity contribution in [3.63, 3.8) is 0 Å². The minimum atomic E-state index is -3.05. The Morgan fingerprint density at radius 1 is 1.09 bits per heavy atom. The quantitative estimate of drug-likeness (QED) is 0.609. The molecule has 1 unspecified atom stereocenters. The molecule has 0 spiro atoms. The number of aliphatic hydroxyl groups excluding tert-OH is 1. The van der Waals surface area contributed by atoms with Crippen LogP contribution in [0.2, 0.25) is 0 Å². The van der Waals surface area contributed by atoms with Crippen molar-refractivity contribution in [1.29, 1.82) is 0 Å². The van der Waals surface area contributed by atoms with E-state index in [-0.39, 0.29) is 28.0 Å². The summed E-state index contributed by atoms with van der Waals surface area (Å²) in [6.07, 6.45) is 3.86. The third-order valence-electron chi connectivity index (χ3n) is 5.36. The first-order chi connectivity index (χ1) is 15.2. The van der Waals surface area contributed by atoms with Gasteiger partial charge in [0.05, 0.1) is 23.2 Å². The third kappa shape index (κ3) is 4.57. The zero-order chi connectivity index (χ0) is 23.0. The zero-order valence-corrected chi connectivity index (χ0v) is 17.8. The number of benzene rings is 1. The first-order valence-corrected chi connectivity index (χ1v) is 11.6. The van der Waals surface area contributed by atoms with Crippen LogP contribution in [0.4, 0.5) is 19.1 Å². The highest BCUT2D eigenvalue weighted by Gasteiger charge is 2.41. The van der Waals surface area contributed by atoms with Crippen LogP contribution in [-0.2, 0) is 10.0 Å². The molecule has 1 saturated carbocycles. The summed E-state index contributed by atoms with van der Waals surface area (Å²) < 4.78 is 66.3. The van der Waals surface area contributed by atoms with Gasteiger partial charge in [0, 0.05) is 30.8 Å². The van der Waals surface area contributed by atoms with E-state index < -0.39 is 33.6 Å². The molecule has 32 heavy (non-hydrogen) atoms. The van der Waals surface area contributed by atoms with E-state index in [2.05, 4.69) is 10.1 Å². The Labute approximate surface area is 182 Å². The fourth-order valence-electron chi connectivity index (χ4n) is 3.58. The molecule has 3 aromatic rings. The zero-order valence-electron chi connectivity index (χ0n) is 17.0. The second-order valence-corrected chi connectivity index (χ2v) is 10.0. The van der Waals surface area contributed by atoms with Gasteiger partial charge < -0.3 is 10.8 Å². The largest absolute Gasteiger partial charge is 0.392 e. The van der Waals surface area contributed by atoms with E-state index in [9.17, 15) is 26.7 Å². The molecule has 0 radical (unpaired) electrons. The number of anilines is 1. The average molecular weight is 469 g/mol. The molecule has 0 amide bonds. The smallest absolute Gasteiger partial charge is 0.238 e. The number of halogens is 3. The maximum absolute atomic E-state index is 13.7. The standard InChI is InChI=1S/C12H7F3N4.C8H15NO3S/c13-6-1-2-7(8(14)3-6)10-4-9(15)11-5-17-12(16)18-19(10)11;10-7-2-1-5-9(6-7)13(11,12)8-3-4-8/h1-5H,(H2,16,18);7-8,10H,1-6H2. The SMILES string of the molecule is Nc1ncc2c(F)cc(-c3ccc(F)cc3F)n2n1.O=S(=O)(C1CC1)N1CCCC(O)C1. The van der Waals surface area contributed by atoms with Crippen LogP contribution in [0.25, 0.3) is 16.8 Å². The number of piperidine rings is 1. The van der Waals surface area contributed by atoms with Crippen molar-refractivity contribution in [1.82, 2.24) is 18.9 Å². The number of hydrogen-bond acceptors (Lipinski definition) is 6. The summed E-state index contributed by atoms with van der Waals surface area (Å²) in [4.78, 5) is 3.66. The van der Waals surface area contributed by atoms with Crippen molar-refractivity contribution < 1.29 is 26.7 Å². The number of rotatable bonds is 3. The minimum Gasteiger partial charge on any atom is -0.392 e. The number of nitrogen functional groups attached to an aromatic ring is 1. The number of β-amino-alcohol motifs (C(OH)–C–C–N with tert-alkyl or cyclic N) is 1. The summed E-state index contributed by atoms with van der Waals surface area (Å²) in [5, 5.41) is 13.0. The lowest BCUT2D eigenvalue weighted by atomic mass is 10.1. The van der Waals surface area contributed by atoms with Crippen LogP contribution in [0, 0.1) is 17.5 Å². The van der Waals surface area contributed by atoms with E-state index in [0.717, 1.165) is 48.4 Å². The second-order valence-electron chi connectivity index (χ2n) is 7.81. The number of fused-ring (bicyclic) bond motifs is 1. The molecule has 1 aliphatic heterocycles. The van der Waals surface area contributed by atoms with E-state index in [4.69, 9.17) is 5.73 Å². The number of hydrogen-bond donors (Lipinski definition) is 2. The second kappa shape index (κ2) is 8.68. The predicted octanol–water partition coefficient (Wildman–Crippen LogP) is 2.33. The molecule has 1 saturated heterocycles. The van der Waals surface area contributed by atoms with Gasteiger partial charge in [-0.1, -0.05) is 0 Å². The number of aliphatic hydroxyl groups is 1. The number of aromatic nitrogens is 3. The third-order valence-corrected chi connectivity index (χ3v) is 7.72. The van der Waals surface area contributed by atoms with E-state index in [1.165, 1.54) is 16.6 Å². The summed E-state index contributed by atoms with van der Waals surface area (Å²) >= 11 is 0. The summed E-state index contributed by atoms with van der Waals surface area (Å²) in [6.45, 7) is 0.898. The molecule has 3 heterocycles. The highest BCUT2D eigenvalue weighted by Crippen LogP contribution is 2.32. The Bertz CT molecular complexity index is 1250. The maximum atomic E-state index is 13.7. The van der Waals surface area contributed by atoms with Crippen molar-refractivity contribution in [3.8, 4) is 11.3 Å². The lowest BCUT2D eigenvalue weighted by molar-refractivity contribution is 0.108. The Hall–Kier alpha value is -2.70. The molecule has 1 atom stereocenters. The molecule has 2 aliphatic rings. The molecule has 1 aliphatic carbocycles. The molecule has 1 aromatic carbocycles. The van der Waals surface area contributed by atoms with Gasteiger partial charge >= 0.3 is 0 Å². The molecule has 172 valence electrons. The molecule has 2 aromatic heterocycles. The molecule has 8 nitrogen and oxygen atoms in total. The molecule has 12 heteroatoms. The van der Waals surface area contributed by atoms with Gasteiger partial charge in [-0.25, -0.2) is 31.1 Å². The highest BCUT2D eigenvalue weighted by molar-refractivity contribution is 7.90. The van der Waals surface area contributed by atoms with Gasteiger partial charge in [-0.3, -0.25) is 0 Å². The van der Waals surface area contributed by atoms with Gasteiger partial charge in [-0.15, -0.1) is 5.10 Å². The van der Waals surface area contributed by atoms with Gasteiger partial charge in [-0.05, 0) is 37.8 Å². The lowest BCUT2D eigenvalue weighted by Crippen LogP contribution is -2.43. The Morgan fingerprint density at radius 3 is 2.50 bits per heavy atom. The molecular weight excluding hydrogens is 447 g/mol. The van der Waals surface area contributed by atoms with Crippen molar-refractivity contribution in [2.24, 2.45) is 0 Å². The van der Waals surface area contributed by atoms with E-state index in [0.29, 0.717) is 13.1 Å². The Kier molecular flexibility index (Phi) is 6.10. The van der Waals surface area contributed by atoms with Crippen LogP contribution in [0.3, 0.4) is 0 Å². The summed E-state index contributed by atoms with van der Waals surface area (Å²) in [7, 11) is -3.05. The molecule has 3 N–H and O–H groups in total. The molecule has 0 bridgehead atoms. The van der Waals surface area contributed by atoms with Gasteiger partial charge in [0.1, 0.15) is 17.2 Å². The van der Waals surface area contributed by atoms with Crippen LogP contribution >= 0.6 is 0 Å². The number of nitrogens with zero attached hydrogens (tertiary/aromatic N) is 4. The van der Waals surface area contributed by atoms with E-state index in [1.54, 1.807) is 0 Å². The van der Waals surface area contributed by atoms with Crippen molar-refractivity contribution in [2.75, 3.05) is 18.8 Å². The van der Waals surface area contributed by atoms with Crippen molar-refractivity contribution >= 4 is 21.5 Å². The highest BCUT2D eigenvalue weighted by atomic mass is 32.2. The van der Waals surface area contributed by atoms with Gasteiger partial charge in [-0.2, -0.15) is 4.31 Å². The average Bonchev–Trinajstić information content (AvgIpc) is 3.55. The summed E-state index contributed by atoms with van der Waals surface area (Å²) in [5.74, 6) is -2.21. The van der Waals surface area contributed by atoms with Gasteiger partial charge in [0.25, 0.3) is 0 Å². The molecule has 2 fully saturated rings. The number of nitrogens with two attached hydrogens (primary N) is 1. The first kappa shape index (κ1) is 22.5. The summed E-state index contributed by atoms with van der Waals surface area (Å²) in [5.41, 5.74) is 5.65. The van der Waals surface area contributed by atoms with Crippen LogP contribution in [0.15, 0.2) is 30.5 Å². The van der Waals surface area contributed by atoms with E-state index in [1.807, 2.05) is 0 Å². The normalized spacial score (nSPS) is 19.6. The first-order valence-electron chi connectivity index (χ1n) is 10.1. The maximum Gasteiger partial charge on any atom is 0.238 e. The fraction of sp³-hybridized carbons (Fsp3) is 0.400. The Morgan fingerprint density at radius 2 is 1.84 bits per heavy atom. The number of sulfonamides is 1. The van der Waals surface area contributed by atoms with Crippen LogP contribution in [0.5, 0.6) is 0 Å². The van der Waals surface area contributed by atoms with E-state index >= 15 is 0 Å². The van der Waals surface area contributed by atoms with Crippen molar-refractivity contribution in [3.05, 3.63) is 47.9 Å². The Balaban J connectivity index is 0.000000165. The molecule has 5 rings (SSSR count).